The summed E-state index contributed by atoms with van der Waals surface area (Å²) in [5.74, 6) is 2.76. The minimum Gasteiger partial charge on any atom is -0.356 e. The third-order valence-corrected chi connectivity index (χ3v) is 3.74. The Morgan fingerprint density at radius 3 is 2.59 bits per heavy atom. The monoisotopic (exact) mass is 351 g/mol. The Hall–Kier alpha value is 0. The van der Waals surface area contributed by atoms with Crippen molar-refractivity contribution in [3.8, 4) is 0 Å². The van der Waals surface area contributed by atoms with E-state index in [1.165, 1.54) is 38.5 Å². The predicted octanol–water partition coefficient (Wildman–Crippen LogP) is 2.76. The summed E-state index contributed by atoms with van der Waals surface area (Å²) in [6, 6.07) is 0.691. The van der Waals surface area contributed by atoms with E-state index in [9.17, 15) is 0 Å². The van der Waals surface area contributed by atoms with Gasteiger partial charge in [-0.25, -0.2) is 0 Å². The number of guanidine groups is 1. The molecule has 0 heterocycles. The van der Waals surface area contributed by atoms with E-state index >= 15 is 0 Å². The maximum absolute atomic E-state index is 4.27. The second-order valence-electron chi connectivity index (χ2n) is 5.51. The number of nitrogens with zero attached hydrogens (tertiary/aromatic N) is 1. The molecule has 0 aromatic heterocycles. The lowest BCUT2D eigenvalue weighted by atomic mass is 9.82. The fourth-order valence-corrected chi connectivity index (χ4v) is 2.60. The normalized spacial score (nSPS) is 29.4. The number of aliphatic imine (C=N–C) groups is 1. The fourth-order valence-electron chi connectivity index (χ4n) is 2.60. The smallest absolute Gasteiger partial charge is 0.191 e. The molecule has 0 aromatic carbocycles. The van der Waals surface area contributed by atoms with E-state index in [0.717, 1.165) is 24.3 Å². The van der Waals surface area contributed by atoms with Crippen LogP contribution in [0, 0.1) is 11.8 Å². The van der Waals surface area contributed by atoms with Crippen molar-refractivity contribution in [3.63, 3.8) is 0 Å². The number of hydrogen-bond acceptors (Lipinski definition) is 1. The summed E-state index contributed by atoms with van der Waals surface area (Å²) in [5.41, 5.74) is 0. The lowest BCUT2D eigenvalue weighted by molar-refractivity contribution is 0.282. The quantitative estimate of drug-likeness (QED) is 0.466. The van der Waals surface area contributed by atoms with E-state index in [4.69, 9.17) is 0 Å². The molecule has 4 heteroatoms. The third kappa shape index (κ3) is 5.44. The van der Waals surface area contributed by atoms with Gasteiger partial charge in [0.2, 0.25) is 0 Å². The maximum atomic E-state index is 4.27. The van der Waals surface area contributed by atoms with Gasteiger partial charge < -0.3 is 10.6 Å². The average Bonchev–Trinajstić information content (AvgIpc) is 3.08. The Bertz CT molecular complexity index is 251. The van der Waals surface area contributed by atoms with E-state index in [2.05, 4.69) is 22.5 Å². The molecule has 0 aliphatic heterocycles. The molecule has 0 aromatic rings. The van der Waals surface area contributed by atoms with Crippen molar-refractivity contribution in [2.24, 2.45) is 16.8 Å². The third-order valence-electron chi connectivity index (χ3n) is 3.74. The van der Waals surface area contributed by atoms with E-state index < -0.39 is 0 Å². The molecule has 2 aliphatic carbocycles. The lowest BCUT2D eigenvalue weighted by Crippen LogP contribution is -2.41. The van der Waals surface area contributed by atoms with Crippen molar-refractivity contribution in [2.75, 3.05) is 13.6 Å². The summed E-state index contributed by atoms with van der Waals surface area (Å²) in [4.78, 5) is 4.27. The first kappa shape index (κ1) is 15.1. The molecule has 17 heavy (non-hydrogen) atoms. The number of hydrogen-bond donors (Lipinski definition) is 2. The molecule has 0 bridgehead atoms. The van der Waals surface area contributed by atoms with Gasteiger partial charge in [0, 0.05) is 19.6 Å². The topological polar surface area (TPSA) is 36.4 Å². The minimum absolute atomic E-state index is 0. The lowest BCUT2D eigenvalue weighted by Gasteiger charge is -2.27. The molecule has 3 nitrogen and oxygen atoms in total. The summed E-state index contributed by atoms with van der Waals surface area (Å²) in [7, 11) is 1.86. The van der Waals surface area contributed by atoms with Crippen LogP contribution in [0.3, 0.4) is 0 Å². The first-order chi connectivity index (χ1) is 7.78. The second kappa shape index (κ2) is 7.44. The van der Waals surface area contributed by atoms with Crippen LogP contribution in [0.5, 0.6) is 0 Å². The van der Waals surface area contributed by atoms with E-state index in [0.29, 0.717) is 6.04 Å². The van der Waals surface area contributed by atoms with Crippen LogP contribution in [0.25, 0.3) is 0 Å². The van der Waals surface area contributed by atoms with Gasteiger partial charge in [-0.3, -0.25) is 4.99 Å². The Kier molecular flexibility index (Phi) is 6.59. The first-order valence-corrected chi connectivity index (χ1v) is 6.75. The van der Waals surface area contributed by atoms with Gasteiger partial charge in [-0.2, -0.15) is 0 Å². The molecule has 0 saturated heterocycles. The van der Waals surface area contributed by atoms with Gasteiger partial charge in [0.15, 0.2) is 5.96 Å². The van der Waals surface area contributed by atoms with Crippen LogP contribution in [0.2, 0.25) is 0 Å². The Morgan fingerprint density at radius 2 is 2.00 bits per heavy atom. The largest absolute Gasteiger partial charge is 0.356 e. The zero-order chi connectivity index (χ0) is 11.4. The highest BCUT2D eigenvalue weighted by atomic mass is 127. The Balaban J connectivity index is 0.00000144. The number of nitrogens with one attached hydrogen (secondary N) is 2. The number of halogens is 1. The minimum atomic E-state index is 0. The van der Waals surface area contributed by atoms with Crippen LogP contribution in [-0.2, 0) is 0 Å². The van der Waals surface area contributed by atoms with Crippen LogP contribution in [0.4, 0.5) is 0 Å². The second-order valence-corrected chi connectivity index (χ2v) is 5.51. The SMILES string of the molecule is CN=C(NCC1CCCC(C)C1)NC1CC1.I. The van der Waals surface area contributed by atoms with Crippen molar-refractivity contribution in [3.05, 3.63) is 0 Å². The molecule has 0 radical (unpaired) electrons. The van der Waals surface area contributed by atoms with Crippen molar-refractivity contribution in [1.82, 2.24) is 10.6 Å². The molecular weight excluding hydrogens is 325 g/mol. The van der Waals surface area contributed by atoms with Gasteiger partial charge >= 0.3 is 0 Å². The van der Waals surface area contributed by atoms with Gasteiger partial charge in [0.1, 0.15) is 0 Å². The van der Waals surface area contributed by atoms with Crippen LogP contribution in [-0.4, -0.2) is 25.6 Å². The summed E-state index contributed by atoms with van der Waals surface area (Å²) < 4.78 is 0. The van der Waals surface area contributed by atoms with Crippen molar-refractivity contribution < 1.29 is 0 Å². The summed E-state index contributed by atoms with van der Waals surface area (Å²) in [6.45, 7) is 3.47. The van der Waals surface area contributed by atoms with Crippen molar-refractivity contribution in [1.29, 1.82) is 0 Å². The summed E-state index contributed by atoms with van der Waals surface area (Å²) in [6.07, 6.45) is 8.21. The van der Waals surface area contributed by atoms with Crippen molar-refractivity contribution >= 4 is 29.9 Å². The van der Waals surface area contributed by atoms with Crippen LogP contribution in [0.15, 0.2) is 4.99 Å². The van der Waals surface area contributed by atoms with Gasteiger partial charge in [-0.05, 0) is 37.5 Å². The van der Waals surface area contributed by atoms with Crippen LogP contribution < -0.4 is 10.6 Å². The van der Waals surface area contributed by atoms with E-state index in [-0.39, 0.29) is 24.0 Å². The van der Waals surface area contributed by atoms with Gasteiger partial charge in [-0.15, -0.1) is 24.0 Å². The van der Waals surface area contributed by atoms with E-state index in [1.807, 2.05) is 7.05 Å². The Morgan fingerprint density at radius 1 is 1.24 bits per heavy atom. The molecule has 2 unspecified atom stereocenters. The molecule has 2 rings (SSSR count). The standard InChI is InChI=1S/C13H25N3.HI/c1-10-4-3-5-11(8-10)9-15-13(14-2)16-12-6-7-12;/h10-12H,3-9H2,1-2H3,(H2,14,15,16);1H. The van der Waals surface area contributed by atoms with E-state index in [1.54, 1.807) is 0 Å². The van der Waals surface area contributed by atoms with Gasteiger partial charge in [-0.1, -0.05) is 19.8 Å². The Labute approximate surface area is 122 Å². The van der Waals surface area contributed by atoms with Crippen molar-refractivity contribution in [2.45, 2.75) is 51.5 Å². The maximum Gasteiger partial charge on any atom is 0.191 e. The zero-order valence-electron chi connectivity index (χ0n) is 11.0. The molecule has 2 atom stereocenters. The molecule has 2 aliphatic rings. The molecule has 2 N–H and O–H groups in total. The van der Waals surface area contributed by atoms with Crippen LogP contribution in [0.1, 0.15) is 45.4 Å². The van der Waals surface area contributed by atoms with Gasteiger partial charge in [0.05, 0.1) is 0 Å². The highest BCUT2D eigenvalue weighted by Crippen LogP contribution is 2.27. The fraction of sp³-hybridized carbons (Fsp3) is 0.923. The average molecular weight is 351 g/mol. The van der Waals surface area contributed by atoms with Crippen LogP contribution >= 0.6 is 24.0 Å². The predicted molar refractivity (Wildman–Crippen MR) is 84.1 cm³/mol. The molecule has 2 fully saturated rings. The summed E-state index contributed by atoms with van der Waals surface area (Å²) in [5, 5.41) is 6.90. The molecule has 0 spiro atoms. The molecular formula is C13H26IN3. The molecule has 0 amide bonds. The highest BCUT2D eigenvalue weighted by Gasteiger charge is 2.23. The first-order valence-electron chi connectivity index (χ1n) is 6.75. The zero-order valence-corrected chi connectivity index (χ0v) is 13.4. The molecule has 100 valence electrons. The highest BCUT2D eigenvalue weighted by molar-refractivity contribution is 14.0. The number of rotatable bonds is 3. The van der Waals surface area contributed by atoms with Gasteiger partial charge in [0.25, 0.3) is 0 Å². The summed E-state index contributed by atoms with van der Waals surface area (Å²) >= 11 is 0. The molecule has 2 saturated carbocycles.